The van der Waals surface area contributed by atoms with Gasteiger partial charge in [-0.05, 0) is 238 Å². The quantitative estimate of drug-likeness (QED) is 0.112. The van der Waals surface area contributed by atoms with Crippen LogP contribution in [-0.4, -0.2) is 299 Å². The number of piperazine rings is 3. The lowest BCUT2D eigenvalue weighted by atomic mass is 9.97. The van der Waals surface area contributed by atoms with E-state index in [2.05, 4.69) is 191 Å². The zero-order valence-corrected chi connectivity index (χ0v) is 66.1. The lowest BCUT2D eigenvalue weighted by molar-refractivity contribution is -0.119. The Hall–Kier alpha value is -2.46. The molecule has 0 amide bonds. The number of nitrogens with zero attached hydrogens (tertiary/aromatic N) is 10. The van der Waals surface area contributed by atoms with Gasteiger partial charge in [-0.15, -0.1) is 0 Å². The van der Waals surface area contributed by atoms with E-state index in [4.69, 9.17) is 0 Å². The molecule has 0 radical (unpaired) electrons. The zero-order chi connectivity index (χ0) is 71.8. The highest BCUT2D eigenvalue weighted by Gasteiger charge is 2.32. The smallest absolute Gasteiger partial charge is 0.143 e. The molecule has 6 saturated heterocycles. The Morgan fingerprint density at radius 3 is 0.947 bits per heavy atom. The van der Waals surface area contributed by atoms with Crippen molar-refractivity contribution in [2.45, 2.75) is 302 Å². The number of carbonyl (C=O) groups excluding carboxylic acids is 6. The second kappa shape index (κ2) is 45.4. The van der Waals surface area contributed by atoms with Crippen LogP contribution >= 0.6 is 0 Å². The number of piperidine rings is 3. The molecule has 6 aliphatic heterocycles. The molecule has 0 bridgehead atoms. The predicted molar refractivity (Wildman–Crippen MR) is 403 cm³/mol. The van der Waals surface area contributed by atoms with E-state index in [0.29, 0.717) is 78.0 Å². The molecule has 0 aromatic carbocycles. The highest BCUT2D eigenvalue weighted by molar-refractivity contribution is 5.78. The first-order chi connectivity index (χ1) is 43.3. The summed E-state index contributed by atoms with van der Waals surface area (Å²) in [5.41, 5.74) is 1.73. The molecule has 0 aliphatic carbocycles. The van der Waals surface area contributed by atoms with Gasteiger partial charge in [0, 0.05) is 208 Å². The second-order valence-corrected chi connectivity index (χ2v) is 34.4. The summed E-state index contributed by atoms with van der Waals surface area (Å²) in [6.45, 7) is 76.2. The monoisotopic (exact) mass is 1350 g/mol. The van der Waals surface area contributed by atoms with Crippen molar-refractivity contribution in [3.8, 4) is 0 Å². The average molecular weight is 1350 g/mol. The van der Waals surface area contributed by atoms with Gasteiger partial charge in [-0.25, -0.2) is 0 Å². The Balaban J connectivity index is 0.00000112. The molecule has 18 heteroatoms. The molecule has 560 valence electrons. The SMILES string of the molecule is C.CC(=O)CCCN(C)C1CCN(C(C)(C)C)CC1.CC(=O)CCCN1CCN(C(C)(C)C)CC1.CC(=O)CCN1CCN(C(C)(C)C)CC1.CC(=O)CCNC1CCN(C(C)(C)C)CC1.CC(=O)CN1CCN(C(C)(C)C)CC1.CC(=O)CNC1CCN(C(C)(C)C)CC1. The minimum atomic E-state index is 0. The fourth-order valence-electron chi connectivity index (χ4n) is 13.0. The van der Waals surface area contributed by atoms with Crippen molar-refractivity contribution in [2.75, 3.05) is 164 Å². The number of rotatable bonds is 21. The first kappa shape index (κ1) is 92.5. The summed E-state index contributed by atoms with van der Waals surface area (Å²) in [6.07, 6.45) is 12.1. The second-order valence-electron chi connectivity index (χ2n) is 34.4. The first-order valence-corrected chi connectivity index (χ1v) is 37.1. The van der Waals surface area contributed by atoms with Crippen molar-refractivity contribution >= 4 is 34.7 Å². The van der Waals surface area contributed by atoms with Crippen LogP contribution in [0.15, 0.2) is 0 Å². The molecule has 6 fully saturated rings. The van der Waals surface area contributed by atoms with Crippen LogP contribution in [0, 0.1) is 0 Å². The van der Waals surface area contributed by atoms with E-state index in [0.717, 1.165) is 156 Å². The summed E-state index contributed by atoms with van der Waals surface area (Å²) in [5, 5.41) is 6.79. The van der Waals surface area contributed by atoms with Gasteiger partial charge in [0.25, 0.3) is 0 Å². The van der Waals surface area contributed by atoms with Crippen molar-refractivity contribution in [3.63, 3.8) is 0 Å². The van der Waals surface area contributed by atoms with E-state index in [9.17, 15) is 28.8 Å². The average Bonchev–Trinajstić information content (AvgIpc) is 0.931. The van der Waals surface area contributed by atoms with E-state index in [1.54, 1.807) is 41.5 Å². The normalized spacial score (nSPS) is 20.0. The standard InChI is InChI=1S/C15H30N2O.2C13H26N2O.2C12H24N2O.C11H22N2O.CH4/c1-13(18)7-6-10-16(5)14-8-11-17(12-9-14)15(2,3)4;1-11(16)5-8-14-12-6-9-15(10-7-12)13(2,3)4;1-12(16)6-5-7-14-8-10-15(11-9-14)13(2,3)4;1-10(15)9-13-11-5-7-14(8-6-11)12(2,3)4;1-11(15)5-6-13-7-9-14(10-8-13)12(2,3)4;1-10(14)9-12-5-7-13(8-6-12)11(2,3)4;/h14H,6-12H2,1-5H3;12,14H,5-10H2,1-4H3;5-11H2,1-4H3;11,13H,5-9H2,1-4H3;5-10H2,1-4H3;5-9H2,1-4H3;1H4. The summed E-state index contributed by atoms with van der Waals surface area (Å²) in [6, 6.07) is 1.85. The topological polar surface area (TPSA) is 159 Å². The Labute approximate surface area is 586 Å². The molecule has 18 nitrogen and oxygen atoms in total. The summed E-state index contributed by atoms with van der Waals surface area (Å²) in [5.74, 6) is 1.70. The van der Waals surface area contributed by atoms with Crippen LogP contribution in [-0.2, 0) is 28.8 Å². The lowest BCUT2D eigenvalue weighted by Gasteiger charge is -2.43. The molecule has 2 N–H and O–H groups in total. The number of hydrogen-bond acceptors (Lipinski definition) is 18. The van der Waals surface area contributed by atoms with Crippen LogP contribution in [0.25, 0.3) is 0 Å². The van der Waals surface area contributed by atoms with Crippen molar-refractivity contribution in [3.05, 3.63) is 0 Å². The van der Waals surface area contributed by atoms with Crippen molar-refractivity contribution in [1.29, 1.82) is 0 Å². The van der Waals surface area contributed by atoms with Gasteiger partial charge in [0.15, 0.2) is 0 Å². The van der Waals surface area contributed by atoms with Crippen LogP contribution in [0.2, 0.25) is 0 Å². The van der Waals surface area contributed by atoms with Crippen LogP contribution in [0.5, 0.6) is 0 Å². The van der Waals surface area contributed by atoms with Gasteiger partial charge in [-0.2, -0.15) is 0 Å². The molecule has 0 unspecified atom stereocenters. The van der Waals surface area contributed by atoms with Crippen molar-refractivity contribution in [1.82, 2.24) is 59.6 Å². The summed E-state index contributed by atoms with van der Waals surface area (Å²) in [4.78, 5) is 89.9. The van der Waals surface area contributed by atoms with Gasteiger partial charge in [-0.3, -0.25) is 53.5 Å². The number of nitrogens with one attached hydrogen (secondary N) is 2. The van der Waals surface area contributed by atoms with E-state index >= 15 is 0 Å². The van der Waals surface area contributed by atoms with Gasteiger partial charge in [0.05, 0.1) is 13.1 Å². The summed E-state index contributed by atoms with van der Waals surface area (Å²) in [7, 11) is 2.21. The highest BCUT2D eigenvalue weighted by atomic mass is 16.1. The molecule has 6 aliphatic rings. The van der Waals surface area contributed by atoms with Gasteiger partial charge in [-0.1, -0.05) is 7.43 Å². The van der Waals surface area contributed by atoms with Crippen LogP contribution in [0.3, 0.4) is 0 Å². The maximum absolute atomic E-state index is 10.9. The van der Waals surface area contributed by atoms with Crippen LogP contribution in [0.1, 0.15) is 251 Å². The predicted octanol–water partition coefficient (Wildman–Crippen LogP) is 10.6. The zero-order valence-electron chi connectivity index (χ0n) is 66.1. The van der Waals surface area contributed by atoms with Crippen molar-refractivity contribution in [2.24, 2.45) is 0 Å². The lowest BCUT2D eigenvalue weighted by Crippen LogP contribution is -2.54. The Morgan fingerprint density at radius 2 is 0.632 bits per heavy atom. The van der Waals surface area contributed by atoms with Gasteiger partial charge >= 0.3 is 0 Å². The minimum absolute atomic E-state index is 0. The number of Topliss-reactive ketones (excluding diaryl/α,β-unsaturated/α-hetero) is 6. The van der Waals surface area contributed by atoms with E-state index in [-0.39, 0.29) is 41.4 Å². The number of ketones is 6. The van der Waals surface area contributed by atoms with E-state index < -0.39 is 0 Å². The third-order valence-corrected chi connectivity index (χ3v) is 19.7. The number of carbonyl (C=O) groups is 6. The largest absolute Gasteiger partial charge is 0.313 e. The van der Waals surface area contributed by atoms with Crippen LogP contribution < -0.4 is 10.6 Å². The van der Waals surface area contributed by atoms with Crippen LogP contribution in [0.4, 0.5) is 0 Å². The first-order valence-electron chi connectivity index (χ1n) is 37.1. The third kappa shape index (κ3) is 43.7. The van der Waals surface area contributed by atoms with Crippen molar-refractivity contribution < 1.29 is 28.8 Å². The Bertz CT molecular complexity index is 2010. The molecule has 0 aromatic rings. The molecule has 6 heterocycles. The number of hydrogen-bond donors (Lipinski definition) is 2. The molecule has 95 heavy (non-hydrogen) atoms. The minimum Gasteiger partial charge on any atom is -0.313 e. The highest BCUT2D eigenvalue weighted by Crippen LogP contribution is 2.25. The fraction of sp³-hybridized carbons (Fsp3) is 0.922. The Morgan fingerprint density at radius 1 is 0.337 bits per heavy atom. The molecule has 0 aromatic heterocycles. The Kier molecular flexibility index (Phi) is 44.2. The van der Waals surface area contributed by atoms with Gasteiger partial charge in [0.2, 0.25) is 0 Å². The molecule has 6 rings (SSSR count). The maximum atomic E-state index is 10.9. The molecular formula is C77H156N12O6. The fourth-order valence-corrected chi connectivity index (χ4v) is 13.0. The molecule has 0 spiro atoms. The molecule has 0 atom stereocenters. The van der Waals surface area contributed by atoms with E-state index in [1.165, 1.54) is 51.9 Å². The van der Waals surface area contributed by atoms with Gasteiger partial charge < -0.3 is 34.9 Å². The maximum Gasteiger partial charge on any atom is 0.143 e. The third-order valence-electron chi connectivity index (χ3n) is 19.7. The number of likely N-dealkylation sites (tertiary alicyclic amines) is 3. The summed E-state index contributed by atoms with van der Waals surface area (Å²) >= 11 is 0. The van der Waals surface area contributed by atoms with E-state index in [1.807, 2.05) is 0 Å². The van der Waals surface area contributed by atoms with Gasteiger partial charge in [0.1, 0.15) is 34.7 Å². The molecule has 0 saturated carbocycles. The summed E-state index contributed by atoms with van der Waals surface area (Å²) < 4.78 is 0. The molecular weight excluding hydrogens is 1190 g/mol.